The standard InChI is InChI=1S/C11H18N2O4/c1-3-17-10(16)11(9(12)15)4-6-13(7-5-11)8(2)14/h3-7H2,1-2H3,(H2,12,15). The number of nitrogens with two attached hydrogens (primary N) is 1. The summed E-state index contributed by atoms with van der Waals surface area (Å²) >= 11 is 0. The van der Waals surface area contributed by atoms with Gasteiger partial charge in [-0.25, -0.2) is 0 Å². The molecule has 0 radical (unpaired) electrons. The van der Waals surface area contributed by atoms with Gasteiger partial charge in [0.1, 0.15) is 5.41 Å². The number of carbonyl (C=O) groups is 3. The maximum absolute atomic E-state index is 11.8. The molecule has 17 heavy (non-hydrogen) atoms. The van der Waals surface area contributed by atoms with E-state index in [9.17, 15) is 14.4 Å². The molecule has 6 nitrogen and oxygen atoms in total. The molecule has 0 bridgehead atoms. The molecule has 0 aromatic rings. The van der Waals surface area contributed by atoms with Crippen molar-refractivity contribution in [1.29, 1.82) is 0 Å². The predicted molar refractivity (Wildman–Crippen MR) is 59.7 cm³/mol. The summed E-state index contributed by atoms with van der Waals surface area (Å²) in [7, 11) is 0. The van der Waals surface area contributed by atoms with E-state index < -0.39 is 17.3 Å². The van der Waals surface area contributed by atoms with Gasteiger partial charge in [-0.2, -0.15) is 0 Å². The number of amides is 2. The molecule has 0 aliphatic carbocycles. The monoisotopic (exact) mass is 242 g/mol. The van der Waals surface area contributed by atoms with Gasteiger partial charge in [0.15, 0.2) is 0 Å². The Morgan fingerprint density at radius 3 is 2.18 bits per heavy atom. The van der Waals surface area contributed by atoms with E-state index in [1.54, 1.807) is 11.8 Å². The summed E-state index contributed by atoms with van der Waals surface area (Å²) in [5, 5.41) is 0. The Bertz CT molecular complexity index is 332. The van der Waals surface area contributed by atoms with E-state index >= 15 is 0 Å². The first kappa shape index (κ1) is 13.5. The Hall–Kier alpha value is -1.59. The van der Waals surface area contributed by atoms with Crippen LogP contribution in [-0.2, 0) is 19.1 Å². The highest BCUT2D eigenvalue weighted by atomic mass is 16.5. The molecule has 0 spiro atoms. The summed E-state index contributed by atoms with van der Waals surface area (Å²) in [6.45, 7) is 4.07. The van der Waals surface area contributed by atoms with Gasteiger partial charge >= 0.3 is 5.97 Å². The van der Waals surface area contributed by atoms with Crippen LogP contribution in [0.2, 0.25) is 0 Å². The molecular formula is C11H18N2O4. The Kier molecular flexibility index (Phi) is 4.09. The van der Waals surface area contributed by atoms with Crippen LogP contribution in [0, 0.1) is 5.41 Å². The van der Waals surface area contributed by atoms with Crippen molar-refractivity contribution < 1.29 is 19.1 Å². The Morgan fingerprint density at radius 2 is 1.82 bits per heavy atom. The lowest BCUT2D eigenvalue weighted by atomic mass is 9.77. The maximum atomic E-state index is 11.8. The molecule has 0 aromatic heterocycles. The fraction of sp³-hybridized carbons (Fsp3) is 0.727. The minimum absolute atomic E-state index is 0.0630. The maximum Gasteiger partial charge on any atom is 0.321 e. The topological polar surface area (TPSA) is 89.7 Å². The SMILES string of the molecule is CCOC(=O)C1(C(N)=O)CCN(C(C)=O)CC1. The Morgan fingerprint density at radius 1 is 1.29 bits per heavy atom. The summed E-state index contributed by atoms with van der Waals surface area (Å²) < 4.78 is 4.90. The van der Waals surface area contributed by atoms with Crippen molar-refractivity contribution in [2.45, 2.75) is 26.7 Å². The number of piperidine rings is 1. The second-order valence-corrected chi connectivity index (χ2v) is 4.17. The zero-order valence-corrected chi connectivity index (χ0v) is 10.2. The number of primary amides is 1. The van der Waals surface area contributed by atoms with E-state index in [4.69, 9.17) is 10.5 Å². The lowest BCUT2D eigenvalue weighted by molar-refractivity contribution is -0.164. The molecule has 2 N–H and O–H groups in total. The predicted octanol–water partition coefficient (Wildman–Crippen LogP) is -0.336. The van der Waals surface area contributed by atoms with Crippen molar-refractivity contribution in [3.05, 3.63) is 0 Å². The number of esters is 1. The third kappa shape index (κ3) is 2.57. The largest absolute Gasteiger partial charge is 0.465 e. The summed E-state index contributed by atoms with van der Waals surface area (Å²) in [6.07, 6.45) is 0.474. The van der Waals surface area contributed by atoms with Crippen LogP contribution in [0.4, 0.5) is 0 Å². The van der Waals surface area contributed by atoms with E-state index in [2.05, 4.69) is 0 Å². The fourth-order valence-corrected chi connectivity index (χ4v) is 2.02. The molecule has 0 aromatic carbocycles. The Balaban J connectivity index is 2.80. The normalized spacial score (nSPS) is 18.6. The lowest BCUT2D eigenvalue weighted by Crippen LogP contribution is -2.53. The van der Waals surface area contributed by atoms with Gasteiger partial charge in [0.2, 0.25) is 11.8 Å². The molecule has 0 atom stereocenters. The van der Waals surface area contributed by atoms with Crippen LogP contribution in [0.15, 0.2) is 0 Å². The molecular weight excluding hydrogens is 224 g/mol. The summed E-state index contributed by atoms with van der Waals surface area (Å²) in [4.78, 5) is 36.1. The first-order valence-electron chi connectivity index (χ1n) is 5.66. The van der Waals surface area contributed by atoms with E-state index in [0.29, 0.717) is 13.1 Å². The number of hydrogen-bond donors (Lipinski definition) is 1. The number of nitrogens with zero attached hydrogens (tertiary/aromatic N) is 1. The molecule has 1 saturated heterocycles. The lowest BCUT2D eigenvalue weighted by Gasteiger charge is -2.37. The van der Waals surface area contributed by atoms with Crippen LogP contribution in [0.25, 0.3) is 0 Å². The average molecular weight is 242 g/mol. The van der Waals surface area contributed by atoms with Crippen LogP contribution < -0.4 is 5.73 Å². The molecule has 1 rings (SSSR count). The summed E-state index contributed by atoms with van der Waals surface area (Å²) in [6, 6.07) is 0. The first-order valence-corrected chi connectivity index (χ1v) is 5.66. The summed E-state index contributed by atoms with van der Waals surface area (Å²) in [5.74, 6) is -1.30. The van der Waals surface area contributed by atoms with Gasteiger partial charge < -0.3 is 15.4 Å². The number of hydrogen-bond acceptors (Lipinski definition) is 4. The molecule has 0 unspecified atom stereocenters. The minimum atomic E-state index is -1.26. The zero-order valence-electron chi connectivity index (χ0n) is 10.2. The van der Waals surface area contributed by atoms with Gasteiger partial charge in [-0.15, -0.1) is 0 Å². The van der Waals surface area contributed by atoms with Crippen LogP contribution in [0.3, 0.4) is 0 Å². The van der Waals surface area contributed by atoms with Gasteiger partial charge in [0.05, 0.1) is 6.61 Å². The smallest absolute Gasteiger partial charge is 0.321 e. The highest BCUT2D eigenvalue weighted by Gasteiger charge is 2.48. The second-order valence-electron chi connectivity index (χ2n) is 4.17. The molecule has 96 valence electrons. The molecule has 1 aliphatic heterocycles. The van der Waals surface area contributed by atoms with Crippen molar-refractivity contribution >= 4 is 17.8 Å². The van der Waals surface area contributed by atoms with Crippen molar-refractivity contribution in [3.63, 3.8) is 0 Å². The highest BCUT2D eigenvalue weighted by molar-refractivity contribution is 6.02. The fourth-order valence-electron chi connectivity index (χ4n) is 2.02. The summed E-state index contributed by atoms with van der Waals surface area (Å²) in [5.41, 5.74) is 4.05. The molecule has 1 aliphatic rings. The van der Waals surface area contributed by atoms with Crippen LogP contribution in [0.5, 0.6) is 0 Å². The average Bonchev–Trinajstić information content (AvgIpc) is 2.29. The van der Waals surface area contributed by atoms with Crippen LogP contribution in [-0.4, -0.2) is 42.4 Å². The number of carbonyl (C=O) groups excluding carboxylic acids is 3. The van der Waals surface area contributed by atoms with E-state index in [-0.39, 0.29) is 25.4 Å². The quantitative estimate of drug-likeness (QED) is 0.541. The Labute approximate surface area is 100 Å². The number of rotatable bonds is 3. The van der Waals surface area contributed by atoms with Gasteiger partial charge in [-0.3, -0.25) is 14.4 Å². The van der Waals surface area contributed by atoms with Gasteiger partial charge in [-0.1, -0.05) is 0 Å². The number of likely N-dealkylation sites (tertiary alicyclic amines) is 1. The van der Waals surface area contributed by atoms with Crippen molar-refractivity contribution in [1.82, 2.24) is 4.90 Å². The molecule has 2 amide bonds. The van der Waals surface area contributed by atoms with Crippen molar-refractivity contribution in [2.75, 3.05) is 19.7 Å². The van der Waals surface area contributed by atoms with E-state index in [1.165, 1.54) is 6.92 Å². The zero-order chi connectivity index (χ0) is 13.1. The van der Waals surface area contributed by atoms with E-state index in [0.717, 1.165) is 0 Å². The first-order chi connectivity index (χ1) is 7.94. The second kappa shape index (κ2) is 5.16. The number of ether oxygens (including phenoxy) is 1. The van der Waals surface area contributed by atoms with Gasteiger partial charge in [-0.05, 0) is 19.8 Å². The van der Waals surface area contributed by atoms with Crippen LogP contribution >= 0.6 is 0 Å². The third-order valence-electron chi connectivity index (χ3n) is 3.20. The van der Waals surface area contributed by atoms with Crippen LogP contribution in [0.1, 0.15) is 26.7 Å². The van der Waals surface area contributed by atoms with E-state index in [1.807, 2.05) is 0 Å². The van der Waals surface area contributed by atoms with Gasteiger partial charge in [0, 0.05) is 20.0 Å². The third-order valence-corrected chi connectivity index (χ3v) is 3.20. The van der Waals surface area contributed by atoms with Gasteiger partial charge in [0.25, 0.3) is 0 Å². The molecule has 1 heterocycles. The highest BCUT2D eigenvalue weighted by Crippen LogP contribution is 2.32. The van der Waals surface area contributed by atoms with Crippen molar-refractivity contribution in [3.8, 4) is 0 Å². The van der Waals surface area contributed by atoms with Crippen molar-refractivity contribution in [2.24, 2.45) is 11.1 Å². The molecule has 6 heteroatoms. The minimum Gasteiger partial charge on any atom is -0.465 e. The molecule has 1 fully saturated rings. The molecule has 0 saturated carbocycles.